The fourth-order valence-electron chi connectivity index (χ4n) is 4.11. The number of ether oxygens (including phenoxy) is 1. The molecule has 2 N–H and O–H groups in total. The smallest absolute Gasteiger partial charge is 0.343 e. The van der Waals surface area contributed by atoms with Crippen LogP contribution in [0.2, 0.25) is 0 Å². The van der Waals surface area contributed by atoms with Gasteiger partial charge in [-0.3, -0.25) is 14.8 Å². The normalized spacial score (nSPS) is 15.8. The largest absolute Gasteiger partial charge is 0.462 e. The lowest BCUT2D eigenvalue weighted by molar-refractivity contribution is 0.0528. The molecule has 5 rings (SSSR count). The maximum Gasteiger partial charge on any atom is 0.343 e. The van der Waals surface area contributed by atoms with E-state index in [9.17, 15) is 18.0 Å². The zero-order valence-electron chi connectivity index (χ0n) is 18.4. The molecular weight excluding hydrogens is 462 g/mol. The molecule has 5 heterocycles. The molecule has 0 radical (unpaired) electrons. The number of hydrogen-bond acceptors (Lipinski definition) is 8. The number of carbonyl (C=O) groups excluding carboxylic acids is 1. The third kappa shape index (κ3) is 3.87. The fourth-order valence-corrected chi connectivity index (χ4v) is 5.68. The van der Waals surface area contributed by atoms with E-state index in [0.717, 1.165) is 0 Å². The molecule has 1 fully saturated rings. The number of carbonyl (C=O) groups is 1. The first-order chi connectivity index (χ1) is 16.4. The minimum Gasteiger partial charge on any atom is -0.462 e. The van der Waals surface area contributed by atoms with Gasteiger partial charge in [-0.2, -0.15) is 4.31 Å². The standard InChI is InChI=1S/C21H23N7O5S/c1-2-33-21(30)16-11-24-28-18(29)10-14(25-20(16)28)13-26-6-8-27(9-7-26)34(31,32)17-12-23-19-15(17)4-3-5-22-19/h3-5,10-12,24H,2,6-9,13H2,1H3,(H,22,23). The van der Waals surface area contributed by atoms with Gasteiger partial charge in [0, 0.05) is 62.8 Å². The van der Waals surface area contributed by atoms with E-state index in [1.807, 2.05) is 4.90 Å². The number of H-pyrrole nitrogens is 2. The molecule has 4 aromatic heterocycles. The Morgan fingerprint density at radius 2 is 2.00 bits per heavy atom. The predicted octanol–water partition coefficient (Wildman–Crippen LogP) is 0.582. The number of nitrogens with one attached hydrogen (secondary N) is 2. The van der Waals surface area contributed by atoms with Gasteiger partial charge < -0.3 is 9.72 Å². The SMILES string of the molecule is CCOC(=O)c1c[nH]n2c(=O)cc(CN3CCN(S(=O)(=O)c4c[nH]c5ncccc45)CC3)nc12. The van der Waals surface area contributed by atoms with E-state index < -0.39 is 16.0 Å². The van der Waals surface area contributed by atoms with Crippen molar-refractivity contribution in [2.45, 2.75) is 18.4 Å². The van der Waals surface area contributed by atoms with Crippen molar-refractivity contribution in [1.82, 2.24) is 33.8 Å². The third-order valence-electron chi connectivity index (χ3n) is 5.79. The fraction of sp³-hybridized carbons (Fsp3) is 0.333. The first-order valence-corrected chi connectivity index (χ1v) is 12.2. The van der Waals surface area contributed by atoms with Crippen LogP contribution in [0.4, 0.5) is 0 Å². The van der Waals surface area contributed by atoms with E-state index in [1.165, 1.54) is 27.3 Å². The molecule has 0 aliphatic carbocycles. The lowest BCUT2D eigenvalue weighted by Gasteiger charge is -2.33. The lowest BCUT2D eigenvalue weighted by atomic mass is 10.3. The molecule has 4 aromatic rings. The molecule has 1 saturated heterocycles. The monoisotopic (exact) mass is 485 g/mol. The topological polar surface area (TPSA) is 146 Å². The van der Waals surface area contributed by atoms with Crippen molar-refractivity contribution < 1.29 is 17.9 Å². The number of pyridine rings is 1. The van der Waals surface area contributed by atoms with Crippen LogP contribution in [0, 0.1) is 0 Å². The minimum absolute atomic E-state index is 0.185. The van der Waals surface area contributed by atoms with Crippen LogP contribution < -0.4 is 5.56 Å². The summed E-state index contributed by atoms with van der Waals surface area (Å²) in [6.07, 6.45) is 4.48. The van der Waals surface area contributed by atoms with E-state index in [-0.39, 0.29) is 28.3 Å². The number of hydrogen-bond donors (Lipinski definition) is 2. The summed E-state index contributed by atoms with van der Waals surface area (Å²) >= 11 is 0. The van der Waals surface area contributed by atoms with Crippen molar-refractivity contribution in [2.75, 3.05) is 32.8 Å². The Kier molecular flexibility index (Phi) is 5.67. The van der Waals surface area contributed by atoms with Crippen molar-refractivity contribution in [3.8, 4) is 0 Å². The lowest BCUT2D eigenvalue weighted by Crippen LogP contribution is -2.48. The number of esters is 1. The van der Waals surface area contributed by atoms with Gasteiger partial charge in [0.15, 0.2) is 5.65 Å². The second-order valence-corrected chi connectivity index (χ2v) is 9.79. The first kappa shape index (κ1) is 22.3. The van der Waals surface area contributed by atoms with Gasteiger partial charge in [-0.15, -0.1) is 0 Å². The summed E-state index contributed by atoms with van der Waals surface area (Å²) in [6.45, 7) is 3.81. The van der Waals surface area contributed by atoms with Crippen LogP contribution >= 0.6 is 0 Å². The zero-order valence-corrected chi connectivity index (χ0v) is 19.2. The average Bonchev–Trinajstić information content (AvgIpc) is 3.45. The van der Waals surface area contributed by atoms with Gasteiger partial charge in [0.2, 0.25) is 10.0 Å². The Morgan fingerprint density at radius 3 is 2.76 bits per heavy atom. The van der Waals surface area contributed by atoms with Gasteiger partial charge in [-0.05, 0) is 19.1 Å². The Morgan fingerprint density at radius 1 is 1.21 bits per heavy atom. The van der Waals surface area contributed by atoms with Crippen molar-refractivity contribution in [1.29, 1.82) is 0 Å². The van der Waals surface area contributed by atoms with Gasteiger partial charge in [-0.25, -0.2) is 27.7 Å². The summed E-state index contributed by atoms with van der Waals surface area (Å²) in [5.74, 6) is -0.559. The molecule has 13 heteroatoms. The number of piperazine rings is 1. The van der Waals surface area contributed by atoms with Crippen LogP contribution in [0.15, 0.2) is 46.5 Å². The Labute approximate surface area is 194 Å². The van der Waals surface area contributed by atoms with Crippen molar-refractivity contribution in [3.63, 3.8) is 0 Å². The molecular formula is C21H23N7O5S. The summed E-state index contributed by atoms with van der Waals surface area (Å²) in [7, 11) is -3.68. The number of fused-ring (bicyclic) bond motifs is 2. The first-order valence-electron chi connectivity index (χ1n) is 10.8. The molecule has 1 aliphatic heterocycles. The summed E-state index contributed by atoms with van der Waals surface area (Å²) < 4.78 is 34.1. The van der Waals surface area contributed by atoms with Crippen LogP contribution in [0.25, 0.3) is 16.7 Å². The van der Waals surface area contributed by atoms with E-state index in [1.54, 1.807) is 25.3 Å². The molecule has 12 nitrogen and oxygen atoms in total. The summed E-state index contributed by atoms with van der Waals surface area (Å²) in [6, 6.07) is 4.84. The molecule has 34 heavy (non-hydrogen) atoms. The van der Waals surface area contributed by atoms with Crippen molar-refractivity contribution >= 4 is 32.7 Å². The quantitative estimate of drug-likeness (QED) is 0.377. The van der Waals surface area contributed by atoms with Crippen molar-refractivity contribution in [3.05, 3.63) is 58.4 Å². The molecule has 0 atom stereocenters. The Hall–Kier alpha value is -3.55. The van der Waals surface area contributed by atoms with Gasteiger partial charge in [0.05, 0.1) is 12.3 Å². The highest BCUT2D eigenvalue weighted by atomic mass is 32.2. The minimum atomic E-state index is -3.68. The van der Waals surface area contributed by atoms with Crippen LogP contribution in [-0.4, -0.2) is 80.9 Å². The van der Waals surface area contributed by atoms with E-state index >= 15 is 0 Å². The Balaban J connectivity index is 1.31. The van der Waals surface area contributed by atoms with Crippen molar-refractivity contribution in [2.24, 2.45) is 0 Å². The molecule has 0 bridgehead atoms. The number of sulfonamides is 1. The molecule has 1 aliphatic rings. The second kappa shape index (κ2) is 8.66. The number of nitrogens with zero attached hydrogens (tertiary/aromatic N) is 5. The maximum atomic E-state index is 13.2. The van der Waals surface area contributed by atoms with Gasteiger partial charge in [0.1, 0.15) is 16.1 Å². The summed E-state index contributed by atoms with van der Waals surface area (Å²) in [4.78, 5) is 38.4. The van der Waals surface area contributed by atoms with Gasteiger partial charge in [0.25, 0.3) is 5.56 Å². The highest BCUT2D eigenvalue weighted by Crippen LogP contribution is 2.25. The molecule has 0 amide bonds. The molecule has 0 saturated carbocycles. The Bertz CT molecular complexity index is 1530. The van der Waals surface area contributed by atoms with Gasteiger partial charge in [-0.1, -0.05) is 0 Å². The molecule has 178 valence electrons. The van der Waals surface area contributed by atoms with E-state index in [2.05, 4.69) is 20.1 Å². The zero-order chi connectivity index (χ0) is 23.9. The van der Waals surface area contributed by atoms with E-state index in [0.29, 0.717) is 49.5 Å². The summed E-state index contributed by atoms with van der Waals surface area (Å²) in [5.41, 5.74) is 1.07. The highest BCUT2D eigenvalue weighted by molar-refractivity contribution is 7.89. The summed E-state index contributed by atoms with van der Waals surface area (Å²) in [5, 5.41) is 3.28. The second-order valence-electron chi connectivity index (χ2n) is 7.89. The predicted molar refractivity (Wildman–Crippen MR) is 122 cm³/mol. The highest BCUT2D eigenvalue weighted by Gasteiger charge is 2.31. The maximum absolute atomic E-state index is 13.2. The van der Waals surface area contributed by atoms with Crippen LogP contribution in [0.5, 0.6) is 0 Å². The molecule has 0 unspecified atom stereocenters. The third-order valence-corrected chi connectivity index (χ3v) is 7.73. The van der Waals surface area contributed by atoms with Crippen LogP contribution in [0.3, 0.4) is 0 Å². The number of aromatic nitrogens is 5. The van der Waals surface area contributed by atoms with Crippen LogP contribution in [-0.2, 0) is 21.3 Å². The molecule has 0 aromatic carbocycles. The number of aromatic amines is 2. The average molecular weight is 486 g/mol. The van der Waals surface area contributed by atoms with E-state index in [4.69, 9.17) is 4.74 Å². The van der Waals surface area contributed by atoms with Crippen LogP contribution in [0.1, 0.15) is 23.0 Å². The number of rotatable bonds is 6. The van der Waals surface area contributed by atoms with Gasteiger partial charge >= 0.3 is 5.97 Å². The molecule has 0 spiro atoms.